The molecule has 2 heterocycles. The van der Waals surface area contributed by atoms with Gasteiger partial charge in [0, 0.05) is 17.8 Å². The summed E-state index contributed by atoms with van der Waals surface area (Å²) < 4.78 is 0. The van der Waals surface area contributed by atoms with Crippen LogP contribution in [0, 0.1) is 0 Å². The van der Waals surface area contributed by atoms with Gasteiger partial charge >= 0.3 is 0 Å². The first-order valence-corrected chi connectivity index (χ1v) is 12.0. The van der Waals surface area contributed by atoms with Crippen LogP contribution < -0.4 is 0 Å². The molecule has 0 aliphatic rings. The van der Waals surface area contributed by atoms with Crippen LogP contribution in [0.3, 0.4) is 0 Å². The molecule has 0 N–H and O–H groups in total. The lowest BCUT2D eigenvalue weighted by molar-refractivity contribution is 1.32. The molecule has 0 radical (unpaired) electrons. The van der Waals surface area contributed by atoms with Crippen LogP contribution in [-0.4, -0.2) is 9.97 Å². The molecule has 2 nitrogen and oxygen atoms in total. The maximum Gasteiger partial charge on any atom is 0.0715 e. The van der Waals surface area contributed by atoms with Crippen LogP contribution in [0.4, 0.5) is 0 Å². The van der Waals surface area contributed by atoms with Crippen molar-refractivity contribution in [1.82, 2.24) is 9.97 Å². The van der Waals surface area contributed by atoms with Crippen molar-refractivity contribution in [2.24, 2.45) is 0 Å². The average Bonchev–Trinajstić information content (AvgIpc) is 2.95. The normalized spacial score (nSPS) is 12.0. The monoisotopic (exact) mass is 462 g/mol. The molecule has 2 aromatic heterocycles. The highest BCUT2D eigenvalue weighted by Gasteiger charge is 2.07. The number of benzene rings is 3. The molecule has 0 bridgehead atoms. The Balaban J connectivity index is 1.45. The first-order chi connectivity index (χ1) is 17.8. The average molecular weight is 463 g/mol. The van der Waals surface area contributed by atoms with Crippen molar-refractivity contribution in [3.63, 3.8) is 0 Å². The zero-order valence-electron chi connectivity index (χ0n) is 19.9. The summed E-state index contributed by atoms with van der Waals surface area (Å²) in [5.41, 5.74) is 7.64. The number of hydrogen-bond acceptors (Lipinski definition) is 2. The van der Waals surface area contributed by atoms with Crippen LogP contribution in [0.15, 0.2) is 134 Å². The van der Waals surface area contributed by atoms with Crippen molar-refractivity contribution in [2.75, 3.05) is 0 Å². The third kappa shape index (κ3) is 5.99. The van der Waals surface area contributed by atoms with E-state index in [1.54, 1.807) is 6.20 Å². The summed E-state index contributed by atoms with van der Waals surface area (Å²) in [5.74, 6) is 0. The SMILES string of the molecule is C(C=Cc1ccc2nc(C=CC=Cc3cccnc3)cc(-c3ccccc3)c2c1)=Cc1ccccc1. The largest absolute Gasteiger partial charge is 0.264 e. The quantitative estimate of drug-likeness (QED) is 0.226. The van der Waals surface area contributed by atoms with E-state index in [-0.39, 0.29) is 0 Å². The smallest absolute Gasteiger partial charge is 0.0715 e. The number of fused-ring (bicyclic) bond motifs is 1. The number of rotatable bonds is 7. The van der Waals surface area contributed by atoms with Crippen LogP contribution in [0.25, 0.3) is 46.3 Å². The van der Waals surface area contributed by atoms with Crippen molar-refractivity contribution in [1.29, 1.82) is 0 Å². The summed E-state index contributed by atoms with van der Waals surface area (Å²) in [6.07, 6.45) is 20.1. The van der Waals surface area contributed by atoms with Crippen LogP contribution in [0.1, 0.15) is 22.4 Å². The van der Waals surface area contributed by atoms with Gasteiger partial charge in [0.25, 0.3) is 0 Å². The van der Waals surface area contributed by atoms with Gasteiger partial charge in [0.1, 0.15) is 0 Å². The zero-order chi connectivity index (χ0) is 24.4. The summed E-state index contributed by atoms with van der Waals surface area (Å²) in [5, 5.41) is 1.14. The van der Waals surface area contributed by atoms with Gasteiger partial charge in [-0.3, -0.25) is 4.98 Å². The van der Waals surface area contributed by atoms with Gasteiger partial charge in [0.05, 0.1) is 11.2 Å². The molecule has 5 aromatic rings. The highest BCUT2D eigenvalue weighted by Crippen LogP contribution is 2.30. The number of pyridine rings is 2. The summed E-state index contributed by atoms with van der Waals surface area (Å²) in [6.45, 7) is 0. The fourth-order valence-electron chi connectivity index (χ4n) is 4.00. The van der Waals surface area contributed by atoms with Crippen molar-refractivity contribution >= 4 is 35.2 Å². The van der Waals surface area contributed by atoms with Crippen molar-refractivity contribution in [3.05, 3.63) is 156 Å². The minimum atomic E-state index is 0.922. The molecule has 0 saturated carbocycles. The Morgan fingerprint density at radius 1 is 0.528 bits per heavy atom. The highest BCUT2D eigenvalue weighted by molar-refractivity contribution is 5.96. The maximum absolute atomic E-state index is 4.91. The fraction of sp³-hybridized carbons (Fsp3) is 0. The van der Waals surface area contributed by atoms with E-state index in [2.05, 4.69) is 90.0 Å². The van der Waals surface area contributed by atoms with Crippen LogP contribution >= 0.6 is 0 Å². The number of allylic oxidation sites excluding steroid dienone is 4. The van der Waals surface area contributed by atoms with E-state index in [1.165, 1.54) is 16.7 Å². The van der Waals surface area contributed by atoms with Crippen LogP contribution in [-0.2, 0) is 0 Å². The van der Waals surface area contributed by atoms with Crippen LogP contribution in [0.2, 0.25) is 0 Å². The number of hydrogen-bond donors (Lipinski definition) is 0. The van der Waals surface area contributed by atoms with E-state index in [0.717, 1.165) is 27.7 Å². The van der Waals surface area contributed by atoms with Crippen molar-refractivity contribution in [2.45, 2.75) is 0 Å². The van der Waals surface area contributed by atoms with Gasteiger partial charge in [0.15, 0.2) is 0 Å². The molecule has 36 heavy (non-hydrogen) atoms. The Morgan fingerprint density at radius 3 is 1.94 bits per heavy atom. The van der Waals surface area contributed by atoms with Gasteiger partial charge in [-0.1, -0.05) is 115 Å². The Labute approximate surface area is 212 Å². The second-order valence-electron chi connectivity index (χ2n) is 8.37. The fourth-order valence-corrected chi connectivity index (χ4v) is 4.00. The molecule has 0 unspecified atom stereocenters. The molecule has 0 spiro atoms. The molecule has 172 valence electrons. The van der Waals surface area contributed by atoms with E-state index in [0.29, 0.717) is 0 Å². The van der Waals surface area contributed by atoms with Gasteiger partial charge in [-0.15, -0.1) is 0 Å². The van der Waals surface area contributed by atoms with Crippen molar-refractivity contribution in [3.8, 4) is 11.1 Å². The summed E-state index contributed by atoms with van der Waals surface area (Å²) >= 11 is 0. The lowest BCUT2D eigenvalue weighted by Gasteiger charge is -2.09. The number of nitrogens with zero attached hydrogens (tertiary/aromatic N) is 2. The third-order valence-electron chi connectivity index (χ3n) is 5.78. The van der Waals surface area contributed by atoms with E-state index in [9.17, 15) is 0 Å². The molecule has 3 aromatic carbocycles. The summed E-state index contributed by atoms with van der Waals surface area (Å²) in [7, 11) is 0. The van der Waals surface area contributed by atoms with Crippen LogP contribution in [0.5, 0.6) is 0 Å². The molecule has 5 rings (SSSR count). The molecular weight excluding hydrogens is 436 g/mol. The standard InChI is InChI=1S/C34H26N2/c1-3-12-27(13-4-1)14-7-8-15-28-21-22-34-33(24-28)32(30-18-5-2-6-19-30)25-31(36-34)20-10-9-16-29-17-11-23-35-26-29/h1-26H. The van der Waals surface area contributed by atoms with Gasteiger partial charge in [-0.05, 0) is 58.2 Å². The topological polar surface area (TPSA) is 25.8 Å². The molecular formula is C34H26N2. The maximum atomic E-state index is 4.91. The van der Waals surface area contributed by atoms with E-state index in [4.69, 9.17) is 4.98 Å². The first-order valence-electron chi connectivity index (χ1n) is 12.0. The third-order valence-corrected chi connectivity index (χ3v) is 5.78. The Hall–Kier alpha value is -4.82. The predicted octanol–water partition coefficient (Wildman–Crippen LogP) is 8.75. The second kappa shape index (κ2) is 11.5. The zero-order valence-corrected chi connectivity index (χ0v) is 19.9. The van der Waals surface area contributed by atoms with E-state index in [1.807, 2.05) is 66.9 Å². The van der Waals surface area contributed by atoms with Gasteiger partial charge < -0.3 is 0 Å². The van der Waals surface area contributed by atoms with E-state index >= 15 is 0 Å². The summed E-state index contributed by atoms with van der Waals surface area (Å²) in [6, 6.07) is 33.4. The minimum absolute atomic E-state index is 0.922. The lowest BCUT2D eigenvalue weighted by atomic mass is 9.98. The molecule has 2 heteroatoms. The molecule has 0 atom stereocenters. The van der Waals surface area contributed by atoms with Gasteiger partial charge in [-0.2, -0.15) is 0 Å². The van der Waals surface area contributed by atoms with Crippen molar-refractivity contribution < 1.29 is 0 Å². The summed E-state index contributed by atoms with van der Waals surface area (Å²) in [4.78, 5) is 9.06. The second-order valence-corrected chi connectivity index (χ2v) is 8.37. The van der Waals surface area contributed by atoms with Gasteiger partial charge in [-0.25, -0.2) is 4.98 Å². The predicted molar refractivity (Wildman–Crippen MR) is 154 cm³/mol. The Kier molecular flexibility index (Phi) is 7.36. The first kappa shape index (κ1) is 22.9. The van der Waals surface area contributed by atoms with E-state index < -0.39 is 0 Å². The molecule has 0 aliphatic carbocycles. The minimum Gasteiger partial charge on any atom is -0.264 e. The molecule has 0 amide bonds. The Bertz CT molecular complexity index is 1550. The number of aromatic nitrogens is 2. The molecule has 0 aliphatic heterocycles. The molecule has 0 saturated heterocycles. The Morgan fingerprint density at radius 2 is 1.19 bits per heavy atom. The lowest BCUT2D eigenvalue weighted by Crippen LogP contribution is -1.89. The molecule has 0 fully saturated rings. The van der Waals surface area contributed by atoms with Gasteiger partial charge in [0.2, 0.25) is 0 Å². The highest BCUT2D eigenvalue weighted by atomic mass is 14.7.